The molecule has 2 aromatic rings. The van der Waals surface area contributed by atoms with Gasteiger partial charge in [0.15, 0.2) is 10.8 Å². The number of primary sulfonamides is 1. The number of nitrogens with zero attached hydrogens (tertiary/aromatic N) is 2. The van der Waals surface area contributed by atoms with Crippen molar-refractivity contribution < 1.29 is 13.2 Å². The first-order chi connectivity index (χ1) is 13.1. The number of nitrogens with two attached hydrogens (primary N) is 1. The number of nitrogens with one attached hydrogen (secondary N) is 2. The topological polar surface area (TPSA) is 117 Å². The van der Waals surface area contributed by atoms with E-state index in [9.17, 15) is 13.2 Å². The molecule has 1 heterocycles. The number of amides is 1. The SMILES string of the molecule is CN1C(=O)C(=NNC(=S)Nc2ccccc2S(N)(=O)=O)c2cc(Cl)cc(Cl)c21. The van der Waals surface area contributed by atoms with Gasteiger partial charge in [-0.05, 0) is 36.5 Å². The van der Waals surface area contributed by atoms with Crippen molar-refractivity contribution in [1.29, 1.82) is 0 Å². The molecular weight excluding hydrogens is 445 g/mol. The number of sulfonamides is 1. The van der Waals surface area contributed by atoms with Gasteiger partial charge in [0.1, 0.15) is 4.90 Å². The smallest absolute Gasteiger partial charge is 0.279 e. The largest absolute Gasteiger partial charge is 0.330 e. The Balaban J connectivity index is 1.86. The van der Waals surface area contributed by atoms with Gasteiger partial charge in [0, 0.05) is 17.6 Å². The Morgan fingerprint density at radius 2 is 1.93 bits per heavy atom. The summed E-state index contributed by atoms with van der Waals surface area (Å²) in [6.07, 6.45) is 0. The minimum absolute atomic E-state index is 0.0411. The fourth-order valence-electron chi connectivity index (χ4n) is 2.65. The van der Waals surface area contributed by atoms with Gasteiger partial charge in [-0.15, -0.1) is 0 Å². The molecule has 146 valence electrons. The lowest BCUT2D eigenvalue weighted by atomic mass is 10.1. The number of hydrazone groups is 1. The summed E-state index contributed by atoms with van der Waals surface area (Å²) < 4.78 is 23.3. The van der Waals surface area contributed by atoms with Crippen molar-refractivity contribution in [2.24, 2.45) is 10.2 Å². The maximum atomic E-state index is 12.5. The summed E-state index contributed by atoms with van der Waals surface area (Å²) in [6, 6.07) is 9.06. The summed E-state index contributed by atoms with van der Waals surface area (Å²) in [5.74, 6) is -0.403. The molecular formula is C16H13Cl2N5O3S2. The number of carbonyl (C=O) groups excluding carboxylic acids is 1. The molecule has 0 spiro atoms. The summed E-state index contributed by atoms with van der Waals surface area (Å²) in [6.45, 7) is 0. The van der Waals surface area contributed by atoms with Crippen molar-refractivity contribution >= 4 is 73.5 Å². The molecule has 0 saturated carbocycles. The maximum Gasteiger partial charge on any atom is 0.279 e. The number of carbonyl (C=O) groups is 1. The van der Waals surface area contributed by atoms with Crippen LogP contribution >= 0.6 is 35.4 Å². The van der Waals surface area contributed by atoms with Crippen LogP contribution in [0, 0.1) is 0 Å². The molecule has 0 aromatic heterocycles. The lowest BCUT2D eigenvalue weighted by Crippen LogP contribution is -2.30. The van der Waals surface area contributed by atoms with Crippen molar-refractivity contribution in [1.82, 2.24) is 5.43 Å². The van der Waals surface area contributed by atoms with Crippen LogP contribution in [0.4, 0.5) is 11.4 Å². The van der Waals surface area contributed by atoms with E-state index in [4.69, 9.17) is 40.6 Å². The number of fused-ring (bicyclic) bond motifs is 1. The standard InChI is InChI=1S/C16H13Cl2N5O3S2/c1-23-14-9(6-8(17)7-10(14)18)13(15(23)24)21-22-16(27)20-11-4-2-3-5-12(11)28(19,25)26/h2-7H,1H3,(H2,19,25,26)(H2,20,22,27). The molecule has 12 heteroatoms. The molecule has 0 unspecified atom stereocenters. The molecule has 4 N–H and O–H groups in total. The third-order valence-corrected chi connectivity index (χ3v) is 5.51. The second-order valence-corrected chi connectivity index (χ2v) is 8.50. The van der Waals surface area contributed by atoms with Crippen molar-refractivity contribution in [2.45, 2.75) is 4.90 Å². The Labute approximate surface area is 176 Å². The van der Waals surface area contributed by atoms with Gasteiger partial charge in [0.25, 0.3) is 5.91 Å². The number of anilines is 2. The highest BCUT2D eigenvalue weighted by atomic mass is 35.5. The zero-order chi connectivity index (χ0) is 20.6. The number of hydrogen-bond donors (Lipinski definition) is 3. The summed E-state index contributed by atoms with van der Waals surface area (Å²) in [5.41, 5.74) is 3.68. The molecule has 1 amide bonds. The highest BCUT2D eigenvalue weighted by Crippen LogP contribution is 2.37. The van der Waals surface area contributed by atoms with Crippen molar-refractivity contribution in [3.05, 3.63) is 52.0 Å². The first kappa shape index (κ1) is 20.5. The quantitative estimate of drug-likeness (QED) is 0.480. The fourth-order valence-corrected chi connectivity index (χ4v) is 4.12. The predicted octanol–water partition coefficient (Wildman–Crippen LogP) is 2.31. The number of para-hydroxylation sites is 1. The molecule has 1 aliphatic heterocycles. The molecule has 1 aliphatic rings. The lowest BCUT2D eigenvalue weighted by molar-refractivity contribution is -0.111. The molecule has 0 bridgehead atoms. The first-order valence-corrected chi connectivity index (χ1v) is 10.3. The molecule has 8 nitrogen and oxygen atoms in total. The van der Waals surface area contributed by atoms with E-state index in [-0.39, 0.29) is 21.4 Å². The van der Waals surface area contributed by atoms with Crippen LogP contribution < -0.4 is 20.8 Å². The lowest BCUT2D eigenvalue weighted by Gasteiger charge is -2.11. The van der Waals surface area contributed by atoms with Crippen LogP contribution in [0.25, 0.3) is 0 Å². The van der Waals surface area contributed by atoms with E-state index >= 15 is 0 Å². The van der Waals surface area contributed by atoms with Gasteiger partial charge in [-0.1, -0.05) is 35.3 Å². The zero-order valence-corrected chi connectivity index (χ0v) is 17.4. The van der Waals surface area contributed by atoms with Crippen LogP contribution in [0.15, 0.2) is 46.4 Å². The van der Waals surface area contributed by atoms with Gasteiger partial charge < -0.3 is 10.2 Å². The van der Waals surface area contributed by atoms with Gasteiger partial charge in [-0.25, -0.2) is 13.6 Å². The summed E-state index contributed by atoms with van der Waals surface area (Å²) in [4.78, 5) is 13.7. The van der Waals surface area contributed by atoms with Gasteiger partial charge in [-0.2, -0.15) is 5.10 Å². The monoisotopic (exact) mass is 457 g/mol. The van der Waals surface area contributed by atoms with Crippen LogP contribution in [-0.2, 0) is 14.8 Å². The molecule has 3 rings (SSSR count). The second kappa shape index (κ2) is 7.64. The van der Waals surface area contributed by atoms with E-state index in [2.05, 4.69) is 15.8 Å². The van der Waals surface area contributed by atoms with Gasteiger partial charge >= 0.3 is 0 Å². The first-order valence-electron chi connectivity index (χ1n) is 7.63. The van der Waals surface area contributed by atoms with E-state index in [1.807, 2.05) is 0 Å². The molecule has 0 radical (unpaired) electrons. The average molecular weight is 458 g/mol. The Kier molecular flexibility index (Phi) is 5.60. The average Bonchev–Trinajstić information content (AvgIpc) is 2.83. The Morgan fingerprint density at radius 3 is 2.61 bits per heavy atom. The van der Waals surface area contributed by atoms with E-state index in [0.717, 1.165) is 0 Å². The summed E-state index contributed by atoms with van der Waals surface area (Å²) in [5, 5.41) is 12.5. The highest BCUT2D eigenvalue weighted by Gasteiger charge is 2.34. The third-order valence-electron chi connectivity index (χ3n) is 3.84. The minimum atomic E-state index is -3.95. The van der Waals surface area contributed by atoms with Gasteiger partial charge in [0.05, 0.1) is 16.4 Å². The van der Waals surface area contributed by atoms with E-state index in [1.54, 1.807) is 19.2 Å². The van der Waals surface area contributed by atoms with Gasteiger partial charge in [0.2, 0.25) is 10.0 Å². The minimum Gasteiger partial charge on any atom is -0.330 e. The molecule has 2 aromatic carbocycles. The molecule has 28 heavy (non-hydrogen) atoms. The second-order valence-electron chi connectivity index (χ2n) is 5.72. The molecule has 0 atom stereocenters. The van der Waals surface area contributed by atoms with E-state index in [1.165, 1.54) is 29.2 Å². The molecule has 0 fully saturated rings. The predicted molar refractivity (Wildman–Crippen MR) is 114 cm³/mol. The maximum absolute atomic E-state index is 12.5. The van der Waals surface area contributed by atoms with Crippen molar-refractivity contribution in [3.63, 3.8) is 0 Å². The third kappa shape index (κ3) is 3.96. The Morgan fingerprint density at radius 1 is 1.25 bits per heavy atom. The molecule has 0 aliphatic carbocycles. The number of halogens is 2. The van der Waals surface area contributed by atoms with Crippen LogP contribution in [-0.4, -0.2) is 32.2 Å². The number of thiocarbonyl (C=S) groups is 1. The van der Waals surface area contributed by atoms with Crippen molar-refractivity contribution in [2.75, 3.05) is 17.3 Å². The highest BCUT2D eigenvalue weighted by molar-refractivity contribution is 7.89. The normalized spacial score (nSPS) is 14.9. The number of likely N-dealkylation sites (N-methyl/N-ethyl adjacent to an activating group) is 1. The van der Waals surface area contributed by atoms with Crippen LogP contribution in [0.5, 0.6) is 0 Å². The number of rotatable bonds is 3. The van der Waals surface area contributed by atoms with E-state index in [0.29, 0.717) is 21.3 Å². The fraction of sp³-hybridized carbons (Fsp3) is 0.0625. The summed E-state index contributed by atoms with van der Waals surface area (Å²) in [7, 11) is -2.39. The zero-order valence-electron chi connectivity index (χ0n) is 14.2. The van der Waals surface area contributed by atoms with Crippen LogP contribution in [0.3, 0.4) is 0 Å². The number of hydrogen-bond acceptors (Lipinski definition) is 5. The van der Waals surface area contributed by atoms with Crippen LogP contribution in [0.2, 0.25) is 10.0 Å². The van der Waals surface area contributed by atoms with Crippen LogP contribution in [0.1, 0.15) is 5.56 Å². The number of benzene rings is 2. The van der Waals surface area contributed by atoms with Crippen molar-refractivity contribution in [3.8, 4) is 0 Å². The Hall–Kier alpha value is -2.24. The Bertz CT molecular complexity index is 1140. The van der Waals surface area contributed by atoms with E-state index < -0.39 is 15.9 Å². The molecule has 0 saturated heterocycles. The summed E-state index contributed by atoms with van der Waals surface area (Å²) >= 11 is 17.3. The van der Waals surface area contributed by atoms with Gasteiger partial charge in [-0.3, -0.25) is 10.2 Å².